The van der Waals surface area contributed by atoms with Crippen molar-refractivity contribution >= 4 is 5.91 Å². The highest BCUT2D eigenvalue weighted by molar-refractivity contribution is 5.82. The van der Waals surface area contributed by atoms with Gasteiger partial charge >= 0.3 is 0 Å². The monoisotopic (exact) mass is 329 g/mol. The summed E-state index contributed by atoms with van der Waals surface area (Å²) in [6, 6.07) is 7.55. The quantitative estimate of drug-likeness (QED) is 0.912. The Morgan fingerprint density at radius 3 is 2.96 bits per heavy atom. The predicted molar refractivity (Wildman–Crippen MR) is 90.7 cm³/mol. The largest absolute Gasteiger partial charge is 0.496 e. The van der Waals surface area contributed by atoms with Gasteiger partial charge < -0.3 is 14.5 Å². The van der Waals surface area contributed by atoms with E-state index in [0.717, 1.165) is 35.7 Å². The summed E-state index contributed by atoms with van der Waals surface area (Å²) >= 11 is 0. The molecule has 0 spiro atoms. The van der Waals surface area contributed by atoms with Gasteiger partial charge in [-0.15, -0.1) is 0 Å². The Kier molecular flexibility index (Phi) is 4.85. The van der Waals surface area contributed by atoms with Crippen LogP contribution in [0, 0.1) is 6.92 Å². The Morgan fingerprint density at radius 2 is 2.21 bits per heavy atom. The molecule has 1 aromatic heterocycles. The minimum absolute atomic E-state index is 0.0925. The maximum absolute atomic E-state index is 12.0. The lowest BCUT2D eigenvalue weighted by atomic mass is 10.1. The molecule has 0 unspecified atom stereocenters. The average molecular weight is 329 g/mol. The number of aryl methyl sites for hydroxylation is 1. The summed E-state index contributed by atoms with van der Waals surface area (Å²) in [5, 5.41) is 2.92. The van der Waals surface area contributed by atoms with Crippen molar-refractivity contribution in [1.29, 1.82) is 0 Å². The number of aromatic nitrogens is 1. The number of methoxy groups -OCH3 is 1. The van der Waals surface area contributed by atoms with Gasteiger partial charge in [0.1, 0.15) is 11.5 Å². The number of benzene rings is 1. The van der Waals surface area contributed by atoms with Gasteiger partial charge in [0.15, 0.2) is 0 Å². The lowest BCUT2D eigenvalue weighted by molar-refractivity contribution is -0.129. The van der Waals surface area contributed by atoms with Crippen molar-refractivity contribution in [3.8, 4) is 17.2 Å². The van der Waals surface area contributed by atoms with Gasteiger partial charge in [0.2, 0.25) is 11.8 Å². The average Bonchev–Trinajstić information content (AvgIpc) is 2.95. The molecule has 1 atom stereocenters. The molecule has 128 valence electrons. The van der Waals surface area contributed by atoms with Crippen LogP contribution in [0.25, 0.3) is 11.5 Å². The summed E-state index contributed by atoms with van der Waals surface area (Å²) in [5.41, 5.74) is 1.70. The SMILES string of the molecule is CC[C@H]1C(=O)NCCN1Cc1nc(-c2ccccc2OC)oc1C. The van der Waals surface area contributed by atoms with Crippen LogP contribution in [0.2, 0.25) is 0 Å². The number of carbonyl (C=O) groups is 1. The lowest BCUT2D eigenvalue weighted by Crippen LogP contribution is -2.54. The van der Waals surface area contributed by atoms with Crippen LogP contribution >= 0.6 is 0 Å². The predicted octanol–water partition coefficient (Wildman–Crippen LogP) is 2.37. The molecule has 0 saturated carbocycles. The van der Waals surface area contributed by atoms with E-state index in [9.17, 15) is 4.79 Å². The fourth-order valence-electron chi connectivity index (χ4n) is 3.10. The molecule has 2 heterocycles. The number of amides is 1. The van der Waals surface area contributed by atoms with Gasteiger partial charge in [-0.05, 0) is 25.5 Å². The highest BCUT2D eigenvalue weighted by Gasteiger charge is 2.29. The number of rotatable bonds is 5. The molecule has 2 aromatic rings. The molecule has 0 aliphatic carbocycles. The Hall–Kier alpha value is -2.34. The third-order valence-electron chi connectivity index (χ3n) is 4.41. The van der Waals surface area contributed by atoms with Crippen LogP contribution < -0.4 is 10.1 Å². The lowest BCUT2D eigenvalue weighted by Gasteiger charge is -2.33. The van der Waals surface area contributed by atoms with Gasteiger partial charge in [0.25, 0.3) is 0 Å². The first-order valence-corrected chi connectivity index (χ1v) is 8.25. The maximum Gasteiger partial charge on any atom is 0.237 e. The van der Waals surface area contributed by atoms with Gasteiger partial charge in [-0.1, -0.05) is 19.1 Å². The van der Waals surface area contributed by atoms with Gasteiger partial charge in [0.05, 0.1) is 24.4 Å². The minimum Gasteiger partial charge on any atom is -0.496 e. The Balaban J connectivity index is 1.85. The van der Waals surface area contributed by atoms with Crippen LogP contribution in [0.5, 0.6) is 5.75 Å². The molecule has 1 aromatic carbocycles. The third kappa shape index (κ3) is 3.14. The molecule has 1 aliphatic heterocycles. The molecule has 1 amide bonds. The summed E-state index contributed by atoms with van der Waals surface area (Å²) in [6.45, 7) is 6.03. The standard InChI is InChI=1S/C18H23N3O3/c1-4-15-17(22)19-9-10-21(15)11-14-12(2)24-18(20-14)13-7-5-6-8-16(13)23-3/h5-8,15H,4,9-11H2,1-3H3,(H,19,22)/t15-/m0/s1. The zero-order chi connectivity index (χ0) is 17.1. The molecule has 6 nitrogen and oxygen atoms in total. The van der Waals surface area contributed by atoms with Crippen molar-refractivity contribution in [3.63, 3.8) is 0 Å². The highest BCUT2D eigenvalue weighted by Crippen LogP contribution is 2.30. The molecular formula is C18H23N3O3. The number of oxazole rings is 1. The van der Waals surface area contributed by atoms with Crippen molar-refractivity contribution in [2.24, 2.45) is 0 Å². The second-order valence-electron chi connectivity index (χ2n) is 5.91. The Bertz CT molecular complexity index is 726. The molecule has 0 bridgehead atoms. The Morgan fingerprint density at radius 1 is 1.42 bits per heavy atom. The molecule has 24 heavy (non-hydrogen) atoms. The number of piperazine rings is 1. The van der Waals surface area contributed by atoms with Gasteiger partial charge in [-0.2, -0.15) is 0 Å². The van der Waals surface area contributed by atoms with Crippen molar-refractivity contribution < 1.29 is 13.9 Å². The smallest absolute Gasteiger partial charge is 0.237 e. The van der Waals surface area contributed by atoms with Crippen molar-refractivity contribution in [3.05, 3.63) is 35.7 Å². The van der Waals surface area contributed by atoms with E-state index < -0.39 is 0 Å². The number of para-hydroxylation sites is 1. The van der Waals surface area contributed by atoms with E-state index >= 15 is 0 Å². The number of nitrogens with zero attached hydrogens (tertiary/aromatic N) is 2. The first-order chi connectivity index (χ1) is 11.6. The summed E-state index contributed by atoms with van der Waals surface area (Å²) in [4.78, 5) is 18.8. The van der Waals surface area contributed by atoms with Gasteiger partial charge in [-0.25, -0.2) is 4.98 Å². The number of hydrogen-bond acceptors (Lipinski definition) is 5. The van der Waals surface area contributed by atoms with E-state index in [1.54, 1.807) is 7.11 Å². The number of nitrogens with one attached hydrogen (secondary N) is 1. The van der Waals surface area contributed by atoms with E-state index in [-0.39, 0.29) is 11.9 Å². The van der Waals surface area contributed by atoms with Gasteiger partial charge in [0, 0.05) is 19.6 Å². The third-order valence-corrected chi connectivity index (χ3v) is 4.41. The van der Waals surface area contributed by atoms with Crippen LogP contribution in [0.1, 0.15) is 24.8 Å². The van der Waals surface area contributed by atoms with Crippen LogP contribution in [0.3, 0.4) is 0 Å². The topological polar surface area (TPSA) is 67.6 Å². The van der Waals surface area contributed by atoms with Crippen LogP contribution in [-0.4, -0.2) is 42.0 Å². The van der Waals surface area contributed by atoms with Crippen LogP contribution in [-0.2, 0) is 11.3 Å². The second kappa shape index (κ2) is 7.05. The van der Waals surface area contributed by atoms with E-state index in [1.807, 2.05) is 38.1 Å². The molecule has 6 heteroatoms. The normalized spacial score (nSPS) is 18.5. The van der Waals surface area contributed by atoms with E-state index in [2.05, 4.69) is 15.2 Å². The molecule has 1 N–H and O–H groups in total. The minimum atomic E-state index is -0.107. The molecule has 3 rings (SSSR count). The summed E-state index contributed by atoms with van der Waals surface area (Å²) in [6.07, 6.45) is 0.780. The van der Waals surface area contributed by atoms with Gasteiger partial charge in [-0.3, -0.25) is 9.69 Å². The first-order valence-electron chi connectivity index (χ1n) is 8.25. The number of ether oxygens (including phenoxy) is 1. The number of hydrogen-bond donors (Lipinski definition) is 1. The number of carbonyl (C=O) groups excluding carboxylic acids is 1. The molecule has 0 radical (unpaired) electrons. The second-order valence-corrected chi connectivity index (χ2v) is 5.91. The zero-order valence-corrected chi connectivity index (χ0v) is 14.3. The van der Waals surface area contributed by atoms with Crippen molar-refractivity contribution in [2.75, 3.05) is 20.2 Å². The van der Waals surface area contributed by atoms with Crippen molar-refractivity contribution in [1.82, 2.24) is 15.2 Å². The first kappa shape index (κ1) is 16.5. The highest BCUT2D eigenvalue weighted by atomic mass is 16.5. The summed E-state index contributed by atoms with van der Waals surface area (Å²) in [7, 11) is 1.63. The Labute approximate surface area is 141 Å². The van der Waals surface area contributed by atoms with E-state index in [1.165, 1.54) is 0 Å². The fraction of sp³-hybridized carbons (Fsp3) is 0.444. The maximum atomic E-state index is 12.0. The van der Waals surface area contributed by atoms with Crippen LogP contribution in [0.15, 0.2) is 28.7 Å². The summed E-state index contributed by atoms with van der Waals surface area (Å²) in [5.74, 6) is 2.15. The zero-order valence-electron chi connectivity index (χ0n) is 14.3. The van der Waals surface area contributed by atoms with E-state index in [4.69, 9.17) is 9.15 Å². The van der Waals surface area contributed by atoms with Crippen molar-refractivity contribution in [2.45, 2.75) is 32.9 Å². The molecule has 1 fully saturated rings. The molecular weight excluding hydrogens is 306 g/mol. The molecule has 1 saturated heterocycles. The molecule has 1 aliphatic rings. The summed E-state index contributed by atoms with van der Waals surface area (Å²) < 4.78 is 11.2. The fourth-order valence-corrected chi connectivity index (χ4v) is 3.10. The van der Waals surface area contributed by atoms with Crippen LogP contribution in [0.4, 0.5) is 0 Å². The van der Waals surface area contributed by atoms with E-state index in [0.29, 0.717) is 19.0 Å².